The number of aryl methyl sites for hydroxylation is 1. The van der Waals surface area contributed by atoms with Crippen LogP contribution in [0.2, 0.25) is 0 Å². The minimum absolute atomic E-state index is 0.119. The lowest BCUT2D eigenvalue weighted by Crippen LogP contribution is -2.06. The molecule has 1 N–H and O–H groups in total. The molecular formula is C9H13NO4S. The van der Waals surface area contributed by atoms with E-state index in [4.69, 9.17) is 5.11 Å². The summed E-state index contributed by atoms with van der Waals surface area (Å²) in [6, 6.07) is 1.49. The van der Waals surface area contributed by atoms with Crippen molar-refractivity contribution in [2.75, 3.05) is 12.0 Å². The molecule has 1 rings (SSSR count). The maximum atomic E-state index is 10.8. The van der Waals surface area contributed by atoms with Crippen molar-refractivity contribution in [1.29, 1.82) is 0 Å². The van der Waals surface area contributed by atoms with Gasteiger partial charge in [-0.3, -0.25) is 0 Å². The zero-order valence-corrected chi connectivity index (χ0v) is 9.20. The van der Waals surface area contributed by atoms with Crippen LogP contribution in [0.1, 0.15) is 16.8 Å². The number of aromatic carboxylic acids is 1. The van der Waals surface area contributed by atoms with Crippen molar-refractivity contribution >= 4 is 15.8 Å². The van der Waals surface area contributed by atoms with Gasteiger partial charge >= 0.3 is 5.97 Å². The Kier molecular flexibility index (Phi) is 3.52. The van der Waals surface area contributed by atoms with Crippen molar-refractivity contribution in [3.8, 4) is 0 Å². The minimum Gasteiger partial charge on any atom is -0.478 e. The normalized spacial score (nSPS) is 11.5. The largest absolute Gasteiger partial charge is 0.478 e. The lowest BCUT2D eigenvalue weighted by Gasteiger charge is -2.01. The van der Waals surface area contributed by atoms with Crippen LogP contribution in [0.4, 0.5) is 0 Å². The van der Waals surface area contributed by atoms with Crippen molar-refractivity contribution in [2.24, 2.45) is 0 Å². The summed E-state index contributed by atoms with van der Waals surface area (Å²) in [5.41, 5.74) is 0.217. The highest BCUT2D eigenvalue weighted by atomic mass is 32.2. The quantitative estimate of drug-likeness (QED) is 0.806. The monoisotopic (exact) mass is 231 g/mol. The predicted octanol–water partition coefficient (Wildman–Crippen LogP) is 0.621. The van der Waals surface area contributed by atoms with Crippen LogP contribution in [-0.4, -0.2) is 36.1 Å². The van der Waals surface area contributed by atoms with Crippen LogP contribution in [0.5, 0.6) is 0 Å². The molecule has 0 aliphatic heterocycles. The molecular weight excluding hydrogens is 218 g/mol. The molecule has 0 aliphatic rings. The second-order valence-corrected chi connectivity index (χ2v) is 5.69. The summed E-state index contributed by atoms with van der Waals surface area (Å²) in [5, 5.41) is 8.64. The number of hydrogen-bond donors (Lipinski definition) is 1. The van der Waals surface area contributed by atoms with Crippen molar-refractivity contribution in [1.82, 2.24) is 4.57 Å². The molecule has 1 heterocycles. The first-order valence-corrected chi connectivity index (χ1v) is 6.51. The molecule has 0 aromatic carbocycles. The van der Waals surface area contributed by atoms with Gasteiger partial charge in [0.1, 0.15) is 9.84 Å². The molecule has 15 heavy (non-hydrogen) atoms. The van der Waals surface area contributed by atoms with Crippen LogP contribution < -0.4 is 0 Å². The summed E-state index contributed by atoms with van der Waals surface area (Å²) >= 11 is 0. The Balaban J connectivity index is 2.48. The summed E-state index contributed by atoms with van der Waals surface area (Å²) in [6.45, 7) is 0.514. The van der Waals surface area contributed by atoms with E-state index in [-0.39, 0.29) is 11.3 Å². The van der Waals surface area contributed by atoms with Gasteiger partial charge in [0.05, 0.1) is 11.3 Å². The Bertz CT molecular complexity index is 446. The average molecular weight is 231 g/mol. The standard InChI is InChI=1S/C9H13NO4S/c1-15(13,14)6-2-4-10-5-3-8(7-10)9(11)12/h3,5,7H,2,4,6H2,1H3,(H,11,12). The molecule has 1 aromatic rings. The van der Waals surface area contributed by atoms with Gasteiger partial charge in [0.25, 0.3) is 0 Å². The van der Waals surface area contributed by atoms with Crippen LogP contribution in [0.25, 0.3) is 0 Å². The predicted molar refractivity (Wildman–Crippen MR) is 55.7 cm³/mol. The van der Waals surface area contributed by atoms with E-state index in [1.165, 1.54) is 18.5 Å². The van der Waals surface area contributed by atoms with Crippen molar-refractivity contribution < 1.29 is 18.3 Å². The number of aromatic nitrogens is 1. The fourth-order valence-corrected chi connectivity index (χ4v) is 1.87. The van der Waals surface area contributed by atoms with Gasteiger partial charge in [0.15, 0.2) is 0 Å². The van der Waals surface area contributed by atoms with Gasteiger partial charge < -0.3 is 9.67 Å². The molecule has 0 radical (unpaired) electrons. The SMILES string of the molecule is CS(=O)(=O)CCCn1ccc(C(=O)O)c1. The fourth-order valence-electron chi connectivity index (χ4n) is 1.22. The second kappa shape index (κ2) is 4.48. The summed E-state index contributed by atoms with van der Waals surface area (Å²) in [7, 11) is -2.93. The van der Waals surface area contributed by atoms with Crippen LogP contribution in [0, 0.1) is 0 Å². The molecule has 0 saturated heterocycles. The van der Waals surface area contributed by atoms with Crippen LogP contribution in [0.3, 0.4) is 0 Å². The first kappa shape index (κ1) is 11.8. The highest BCUT2D eigenvalue weighted by molar-refractivity contribution is 7.90. The van der Waals surface area contributed by atoms with Crippen molar-refractivity contribution in [3.63, 3.8) is 0 Å². The number of carboxylic acids is 1. The number of carboxylic acid groups (broad SMARTS) is 1. The third-order valence-electron chi connectivity index (χ3n) is 1.93. The number of sulfone groups is 1. The van der Waals surface area contributed by atoms with E-state index in [1.54, 1.807) is 10.8 Å². The molecule has 0 fully saturated rings. The van der Waals surface area contributed by atoms with Crippen LogP contribution in [-0.2, 0) is 16.4 Å². The van der Waals surface area contributed by atoms with E-state index in [1.807, 2.05) is 0 Å². The van der Waals surface area contributed by atoms with Crippen LogP contribution in [0.15, 0.2) is 18.5 Å². The lowest BCUT2D eigenvalue weighted by molar-refractivity contribution is 0.0697. The Morgan fingerprint density at radius 2 is 2.20 bits per heavy atom. The Morgan fingerprint density at radius 3 is 2.67 bits per heavy atom. The molecule has 0 atom stereocenters. The summed E-state index contributed by atoms with van der Waals surface area (Å²) < 4.78 is 23.3. The fraction of sp³-hybridized carbons (Fsp3) is 0.444. The van der Waals surface area contributed by atoms with E-state index in [0.29, 0.717) is 13.0 Å². The van der Waals surface area contributed by atoms with Gasteiger partial charge in [0.2, 0.25) is 0 Å². The zero-order valence-electron chi connectivity index (χ0n) is 8.38. The zero-order chi connectivity index (χ0) is 11.5. The summed E-state index contributed by atoms with van der Waals surface area (Å²) in [6.07, 6.45) is 4.80. The molecule has 0 aliphatic carbocycles. The van der Waals surface area contributed by atoms with Crippen molar-refractivity contribution in [3.05, 3.63) is 24.0 Å². The lowest BCUT2D eigenvalue weighted by atomic mass is 10.4. The van der Waals surface area contributed by atoms with E-state index in [2.05, 4.69) is 0 Å². The number of rotatable bonds is 5. The van der Waals surface area contributed by atoms with Gasteiger partial charge in [-0.15, -0.1) is 0 Å². The summed E-state index contributed by atoms with van der Waals surface area (Å²) in [5.74, 6) is -0.856. The maximum absolute atomic E-state index is 10.8. The van der Waals surface area contributed by atoms with E-state index in [0.717, 1.165) is 0 Å². The Labute approximate surface area is 88.3 Å². The highest BCUT2D eigenvalue weighted by Gasteiger charge is 2.05. The van der Waals surface area contributed by atoms with Crippen LogP contribution >= 0.6 is 0 Å². The molecule has 6 heteroatoms. The van der Waals surface area contributed by atoms with Gasteiger partial charge in [-0.25, -0.2) is 13.2 Å². The number of nitrogens with zero attached hydrogens (tertiary/aromatic N) is 1. The maximum Gasteiger partial charge on any atom is 0.337 e. The highest BCUT2D eigenvalue weighted by Crippen LogP contribution is 2.02. The van der Waals surface area contributed by atoms with Gasteiger partial charge in [-0.2, -0.15) is 0 Å². The Morgan fingerprint density at radius 1 is 1.53 bits per heavy atom. The van der Waals surface area contributed by atoms with Gasteiger partial charge in [-0.05, 0) is 12.5 Å². The molecule has 0 amide bonds. The smallest absolute Gasteiger partial charge is 0.337 e. The van der Waals surface area contributed by atoms with Crippen molar-refractivity contribution in [2.45, 2.75) is 13.0 Å². The van der Waals surface area contributed by atoms with E-state index < -0.39 is 15.8 Å². The molecule has 0 unspecified atom stereocenters. The molecule has 1 aromatic heterocycles. The second-order valence-electron chi connectivity index (χ2n) is 3.43. The topological polar surface area (TPSA) is 76.4 Å². The summed E-state index contributed by atoms with van der Waals surface area (Å²) in [4.78, 5) is 10.5. The molecule has 0 saturated carbocycles. The average Bonchev–Trinajstić information content (AvgIpc) is 2.50. The molecule has 0 bridgehead atoms. The van der Waals surface area contributed by atoms with Gasteiger partial charge in [-0.1, -0.05) is 0 Å². The first-order chi connectivity index (χ1) is 6.88. The Hall–Kier alpha value is -1.30. The first-order valence-electron chi connectivity index (χ1n) is 4.45. The molecule has 0 spiro atoms. The van der Waals surface area contributed by atoms with E-state index >= 15 is 0 Å². The minimum atomic E-state index is -2.93. The third-order valence-corrected chi connectivity index (χ3v) is 2.96. The molecule has 5 nitrogen and oxygen atoms in total. The number of hydrogen-bond acceptors (Lipinski definition) is 3. The molecule has 84 valence electrons. The number of carbonyl (C=O) groups is 1. The third kappa shape index (κ3) is 4.16. The van der Waals surface area contributed by atoms with E-state index in [9.17, 15) is 13.2 Å². The van der Waals surface area contributed by atoms with Gasteiger partial charge in [0, 0.05) is 25.2 Å².